The van der Waals surface area contributed by atoms with E-state index in [1.807, 2.05) is 6.92 Å². The lowest BCUT2D eigenvalue weighted by molar-refractivity contribution is 0.0915. The minimum atomic E-state index is -0.702. The van der Waals surface area contributed by atoms with Gasteiger partial charge in [0.1, 0.15) is 4.88 Å². The van der Waals surface area contributed by atoms with Crippen molar-refractivity contribution >= 4 is 23.5 Å². The number of hydrazine groups is 1. The summed E-state index contributed by atoms with van der Waals surface area (Å²) in [5.41, 5.74) is 4.93. The van der Waals surface area contributed by atoms with Gasteiger partial charge in [0.05, 0.1) is 12.3 Å². The van der Waals surface area contributed by atoms with E-state index in [1.165, 1.54) is 0 Å². The van der Waals surface area contributed by atoms with Crippen LogP contribution in [0.15, 0.2) is 0 Å². The van der Waals surface area contributed by atoms with Crippen molar-refractivity contribution in [2.24, 2.45) is 0 Å². The van der Waals surface area contributed by atoms with Crippen molar-refractivity contribution < 1.29 is 14.3 Å². The molecule has 2 N–H and O–H groups in total. The first kappa shape index (κ1) is 12.4. The number of aromatic nitrogens is 2. The van der Waals surface area contributed by atoms with Crippen LogP contribution >= 0.6 is 11.5 Å². The van der Waals surface area contributed by atoms with Crippen molar-refractivity contribution in [2.75, 3.05) is 6.61 Å². The minimum absolute atomic E-state index is 0.240. The average molecular weight is 244 g/mol. The van der Waals surface area contributed by atoms with Gasteiger partial charge in [-0.15, -0.1) is 5.10 Å². The van der Waals surface area contributed by atoms with Crippen LogP contribution in [0, 0.1) is 0 Å². The Morgan fingerprint density at radius 2 is 2.12 bits per heavy atom. The zero-order valence-electron chi connectivity index (χ0n) is 8.94. The van der Waals surface area contributed by atoms with Gasteiger partial charge in [0.25, 0.3) is 5.91 Å². The van der Waals surface area contributed by atoms with Gasteiger partial charge in [-0.1, -0.05) is 11.4 Å². The highest BCUT2D eigenvalue weighted by molar-refractivity contribution is 7.08. The highest BCUT2D eigenvalue weighted by atomic mass is 32.1. The zero-order valence-corrected chi connectivity index (χ0v) is 9.76. The summed E-state index contributed by atoms with van der Waals surface area (Å²) in [5, 5.41) is 3.78. The lowest BCUT2D eigenvalue weighted by Gasteiger charge is -2.05. The van der Waals surface area contributed by atoms with Crippen LogP contribution in [-0.4, -0.2) is 28.2 Å². The summed E-state index contributed by atoms with van der Waals surface area (Å²) in [4.78, 5) is 22.8. The molecule has 0 aliphatic carbocycles. The molecule has 1 aromatic rings. The quantitative estimate of drug-likeness (QED) is 0.755. The molecule has 16 heavy (non-hydrogen) atoms. The summed E-state index contributed by atoms with van der Waals surface area (Å²) < 4.78 is 8.24. The van der Waals surface area contributed by atoms with Crippen LogP contribution < -0.4 is 10.9 Å². The van der Waals surface area contributed by atoms with Crippen LogP contribution in [0.25, 0.3) is 0 Å². The summed E-state index contributed by atoms with van der Waals surface area (Å²) in [5.74, 6) is -0.445. The third-order valence-corrected chi connectivity index (χ3v) is 2.42. The fourth-order valence-electron chi connectivity index (χ4n) is 0.944. The van der Waals surface area contributed by atoms with Crippen LogP contribution in [0.1, 0.15) is 29.2 Å². The molecule has 88 valence electrons. The van der Waals surface area contributed by atoms with Crippen LogP contribution in [0.2, 0.25) is 0 Å². The second kappa shape index (κ2) is 6.01. The maximum Gasteiger partial charge on any atom is 0.426 e. The van der Waals surface area contributed by atoms with Gasteiger partial charge in [-0.3, -0.25) is 10.2 Å². The Morgan fingerprint density at radius 1 is 1.38 bits per heavy atom. The number of carbonyl (C=O) groups excluding carboxylic acids is 2. The first-order chi connectivity index (χ1) is 7.69. The Kier molecular flexibility index (Phi) is 4.65. The number of nitrogens with one attached hydrogen (secondary N) is 2. The Labute approximate surface area is 96.3 Å². The molecule has 0 saturated carbocycles. The lowest BCUT2D eigenvalue weighted by Crippen LogP contribution is -2.41. The molecular formula is C8H12N4O3S. The van der Waals surface area contributed by atoms with Crippen LogP contribution in [0.3, 0.4) is 0 Å². The Bertz CT molecular complexity index is 379. The largest absolute Gasteiger partial charge is 0.449 e. The first-order valence-corrected chi connectivity index (χ1v) is 5.50. The van der Waals surface area contributed by atoms with Crippen LogP contribution in [0.5, 0.6) is 0 Å². The summed E-state index contributed by atoms with van der Waals surface area (Å²) >= 11 is 0.982. The van der Waals surface area contributed by atoms with Gasteiger partial charge in [0, 0.05) is 0 Å². The summed E-state index contributed by atoms with van der Waals surface area (Å²) in [7, 11) is 0. The molecule has 0 aromatic carbocycles. The smallest absolute Gasteiger partial charge is 0.426 e. The van der Waals surface area contributed by atoms with E-state index >= 15 is 0 Å². The Balaban J connectivity index is 2.50. The highest BCUT2D eigenvalue weighted by Crippen LogP contribution is 2.10. The van der Waals surface area contributed by atoms with Crippen molar-refractivity contribution in [1.82, 2.24) is 20.4 Å². The molecule has 1 heterocycles. The summed E-state index contributed by atoms with van der Waals surface area (Å²) in [6.45, 7) is 3.78. The molecule has 8 heteroatoms. The third-order valence-electron chi connectivity index (χ3n) is 1.65. The van der Waals surface area contributed by atoms with E-state index in [0.717, 1.165) is 11.5 Å². The SMILES string of the molecule is CCOC(=O)NNC(=O)c1snnc1CC. The molecule has 1 rings (SSSR count). The molecule has 7 nitrogen and oxygen atoms in total. The highest BCUT2D eigenvalue weighted by Gasteiger charge is 2.15. The van der Waals surface area contributed by atoms with Gasteiger partial charge in [-0.25, -0.2) is 10.2 Å². The van der Waals surface area contributed by atoms with E-state index in [-0.39, 0.29) is 6.61 Å². The molecule has 0 aliphatic heterocycles. The monoisotopic (exact) mass is 244 g/mol. The van der Waals surface area contributed by atoms with Gasteiger partial charge in [-0.05, 0) is 24.9 Å². The summed E-state index contributed by atoms with van der Waals surface area (Å²) in [6, 6.07) is 0. The van der Waals surface area contributed by atoms with Crippen LogP contribution in [-0.2, 0) is 11.2 Å². The van der Waals surface area contributed by atoms with E-state index < -0.39 is 12.0 Å². The number of carbonyl (C=O) groups is 2. The second-order valence-electron chi connectivity index (χ2n) is 2.70. The molecule has 0 spiro atoms. The van der Waals surface area contributed by atoms with Gasteiger partial charge in [0.2, 0.25) is 0 Å². The number of aryl methyl sites for hydroxylation is 1. The number of hydrogen-bond donors (Lipinski definition) is 2. The minimum Gasteiger partial charge on any atom is -0.449 e. The molecule has 2 amide bonds. The fourth-order valence-corrected chi connectivity index (χ4v) is 1.59. The summed E-state index contributed by atoms with van der Waals surface area (Å²) in [6.07, 6.45) is -0.0927. The van der Waals surface area contributed by atoms with E-state index in [0.29, 0.717) is 17.0 Å². The van der Waals surface area contributed by atoms with Gasteiger partial charge < -0.3 is 4.74 Å². The zero-order chi connectivity index (χ0) is 12.0. The van der Waals surface area contributed by atoms with E-state index in [4.69, 9.17) is 0 Å². The van der Waals surface area contributed by atoms with Crippen molar-refractivity contribution in [3.05, 3.63) is 10.6 Å². The standard InChI is InChI=1S/C8H12N4O3S/c1-3-5-6(16-12-9-5)7(13)10-11-8(14)15-4-2/h3-4H2,1-2H3,(H,10,13)(H,11,14). The first-order valence-electron chi connectivity index (χ1n) is 4.73. The Morgan fingerprint density at radius 3 is 2.75 bits per heavy atom. The van der Waals surface area contributed by atoms with Crippen molar-refractivity contribution in [3.63, 3.8) is 0 Å². The molecule has 1 aromatic heterocycles. The second-order valence-corrected chi connectivity index (χ2v) is 3.46. The molecular weight excluding hydrogens is 232 g/mol. The maximum absolute atomic E-state index is 11.5. The van der Waals surface area contributed by atoms with Gasteiger partial charge in [-0.2, -0.15) is 0 Å². The maximum atomic E-state index is 11.5. The average Bonchev–Trinajstić information content (AvgIpc) is 2.74. The Hall–Kier alpha value is -1.70. The molecule has 0 bridgehead atoms. The molecule has 0 radical (unpaired) electrons. The lowest BCUT2D eigenvalue weighted by atomic mass is 10.3. The number of ether oxygens (including phenoxy) is 1. The number of amides is 2. The number of rotatable bonds is 3. The molecule has 0 atom stereocenters. The molecule has 0 saturated heterocycles. The van der Waals surface area contributed by atoms with Crippen molar-refractivity contribution in [1.29, 1.82) is 0 Å². The number of hydrogen-bond acceptors (Lipinski definition) is 6. The third kappa shape index (κ3) is 3.16. The van der Waals surface area contributed by atoms with Gasteiger partial charge >= 0.3 is 6.09 Å². The number of nitrogens with zero attached hydrogens (tertiary/aromatic N) is 2. The predicted molar refractivity (Wildman–Crippen MR) is 56.9 cm³/mol. The fraction of sp³-hybridized carbons (Fsp3) is 0.500. The molecule has 0 fully saturated rings. The molecule has 0 unspecified atom stereocenters. The van der Waals surface area contributed by atoms with E-state index in [2.05, 4.69) is 25.2 Å². The van der Waals surface area contributed by atoms with Crippen LogP contribution in [0.4, 0.5) is 4.79 Å². The van der Waals surface area contributed by atoms with Crippen molar-refractivity contribution in [3.8, 4) is 0 Å². The topological polar surface area (TPSA) is 93.2 Å². The van der Waals surface area contributed by atoms with Crippen molar-refractivity contribution in [2.45, 2.75) is 20.3 Å². The van der Waals surface area contributed by atoms with E-state index in [9.17, 15) is 9.59 Å². The van der Waals surface area contributed by atoms with Gasteiger partial charge in [0.15, 0.2) is 0 Å². The predicted octanol–water partition coefficient (Wildman–Crippen LogP) is 0.491. The normalized spacial score (nSPS) is 9.62. The molecule has 0 aliphatic rings. The van der Waals surface area contributed by atoms with E-state index in [1.54, 1.807) is 6.92 Å².